The molecule has 5 heteroatoms. The second-order valence-corrected chi connectivity index (χ2v) is 8.24. The van der Waals surface area contributed by atoms with Crippen LogP contribution in [0.15, 0.2) is 65.2 Å². The lowest BCUT2D eigenvalue weighted by Crippen LogP contribution is -2.40. The van der Waals surface area contributed by atoms with Crippen LogP contribution in [0.1, 0.15) is 30.7 Å². The van der Waals surface area contributed by atoms with Gasteiger partial charge in [-0.15, -0.1) is 0 Å². The number of piperidine rings is 1. The van der Waals surface area contributed by atoms with Gasteiger partial charge in [-0.3, -0.25) is 9.58 Å². The van der Waals surface area contributed by atoms with Gasteiger partial charge in [-0.25, -0.2) is 4.39 Å². The molecule has 2 aromatic heterocycles. The monoisotopic (exact) mass is 403 g/mol. The molecular weight excluding hydrogens is 377 g/mol. The van der Waals surface area contributed by atoms with Crippen molar-refractivity contribution in [1.29, 1.82) is 0 Å². The number of aromatic nitrogens is 2. The van der Waals surface area contributed by atoms with Crippen molar-refractivity contribution in [1.82, 2.24) is 14.7 Å². The van der Waals surface area contributed by atoms with Gasteiger partial charge in [0.15, 0.2) is 0 Å². The quantitative estimate of drug-likeness (QED) is 0.437. The summed E-state index contributed by atoms with van der Waals surface area (Å²) in [6, 6.07) is 17.5. The molecule has 0 N–H and O–H groups in total. The third kappa shape index (κ3) is 3.90. The molecule has 154 valence electrons. The predicted molar refractivity (Wildman–Crippen MR) is 117 cm³/mol. The Balaban J connectivity index is 1.38. The van der Waals surface area contributed by atoms with Gasteiger partial charge in [0.2, 0.25) is 0 Å². The Morgan fingerprint density at radius 1 is 1.10 bits per heavy atom. The van der Waals surface area contributed by atoms with Crippen molar-refractivity contribution in [2.75, 3.05) is 6.54 Å². The summed E-state index contributed by atoms with van der Waals surface area (Å²) in [6.07, 6.45) is 6.55. The number of para-hydroxylation sites is 1. The van der Waals surface area contributed by atoms with Crippen molar-refractivity contribution in [3.63, 3.8) is 0 Å². The van der Waals surface area contributed by atoms with Crippen LogP contribution in [0.3, 0.4) is 0 Å². The molecule has 2 aromatic carbocycles. The number of nitrogens with zero attached hydrogens (tertiary/aromatic N) is 3. The maximum absolute atomic E-state index is 13.4. The number of rotatable bonds is 5. The summed E-state index contributed by atoms with van der Waals surface area (Å²) in [7, 11) is 1.94. The number of likely N-dealkylation sites (tertiary alicyclic amines) is 1. The summed E-state index contributed by atoms with van der Waals surface area (Å²) in [6.45, 7) is 1.85. The van der Waals surface area contributed by atoms with E-state index in [0.717, 1.165) is 59.5 Å². The molecule has 0 saturated carbocycles. The van der Waals surface area contributed by atoms with Crippen LogP contribution >= 0.6 is 0 Å². The van der Waals surface area contributed by atoms with Crippen LogP contribution in [0.5, 0.6) is 0 Å². The fourth-order valence-electron chi connectivity index (χ4n) is 4.58. The van der Waals surface area contributed by atoms with E-state index in [1.807, 2.05) is 48.3 Å². The van der Waals surface area contributed by atoms with E-state index in [1.165, 1.54) is 25.0 Å². The van der Waals surface area contributed by atoms with Crippen LogP contribution in [-0.4, -0.2) is 27.3 Å². The number of halogens is 1. The zero-order chi connectivity index (χ0) is 20.5. The Morgan fingerprint density at radius 2 is 1.93 bits per heavy atom. The first-order valence-electron chi connectivity index (χ1n) is 10.7. The lowest BCUT2D eigenvalue weighted by atomic mass is 9.97. The van der Waals surface area contributed by atoms with E-state index in [2.05, 4.69) is 17.0 Å². The van der Waals surface area contributed by atoms with Gasteiger partial charge in [-0.1, -0.05) is 36.8 Å². The highest BCUT2D eigenvalue weighted by Gasteiger charge is 2.26. The van der Waals surface area contributed by atoms with Crippen LogP contribution in [0, 0.1) is 5.82 Å². The number of benzene rings is 2. The smallest absolute Gasteiger partial charge is 0.134 e. The zero-order valence-electron chi connectivity index (χ0n) is 17.2. The second kappa shape index (κ2) is 8.07. The molecule has 0 spiro atoms. The van der Waals surface area contributed by atoms with Gasteiger partial charge >= 0.3 is 0 Å². The van der Waals surface area contributed by atoms with Gasteiger partial charge in [-0.05, 0) is 49.2 Å². The number of hydrogen-bond acceptors (Lipinski definition) is 3. The Labute approximate surface area is 175 Å². The van der Waals surface area contributed by atoms with Gasteiger partial charge in [0.1, 0.15) is 17.2 Å². The van der Waals surface area contributed by atoms with Gasteiger partial charge in [-0.2, -0.15) is 5.10 Å². The molecule has 1 atom stereocenters. The van der Waals surface area contributed by atoms with E-state index >= 15 is 0 Å². The second-order valence-electron chi connectivity index (χ2n) is 8.24. The first-order chi connectivity index (χ1) is 14.7. The van der Waals surface area contributed by atoms with Crippen molar-refractivity contribution >= 4 is 11.0 Å². The minimum Gasteiger partial charge on any atom is -0.461 e. The zero-order valence-corrected chi connectivity index (χ0v) is 17.2. The number of aryl methyl sites for hydroxylation is 1. The first-order valence-corrected chi connectivity index (χ1v) is 10.7. The summed E-state index contributed by atoms with van der Waals surface area (Å²) in [4.78, 5) is 2.53. The molecule has 0 amide bonds. The maximum Gasteiger partial charge on any atom is 0.134 e. The minimum atomic E-state index is -0.217. The van der Waals surface area contributed by atoms with Crippen molar-refractivity contribution in [2.45, 2.75) is 38.3 Å². The van der Waals surface area contributed by atoms with E-state index in [-0.39, 0.29) is 5.82 Å². The Bertz CT molecular complexity index is 1110. The molecule has 0 radical (unpaired) electrons. The SMILES string of the molecule is Cn1cc(-c2ccc(F)cc2)c(CN2CCCCC2Cc2cc3ccccc3o2)n1. The highest BCUT2D eigenvalue weighted by atomic mass is 19.1. The molecule has 1 unspecified atom stereocenters. The van der Waals surface area contributed by atoms with Crippen LogP contribution < -0.4 is 0 Å². The van der Waals surface area contributed by atoms with Crippen LogP contribution in [0.2, 0.25) is 0 Å². The highest BCUT2D eigenvalue weighted by Crippen LogP contribution is 2.29. The van der Waals surface area contributed by atoms with E-state index in [0.29, 0.717) is 6.04 Å². The maximum atomic E-state index is 13.4. The van der Waals surface area contributed by atoms with E-state index < -0.39 is 0 Å². The number of hydrogen-bond donors (Lipinski definition) is 0. The lowest BCUT2D eigenvalue weighted by molar-refractivity contribution is 0.133. The number of furan rings is 1. The third-order valence-electron chi connectivity index (χ3n) is 6.08. The van der Waals surface area contributed by atoms with Gasteiger partial charge in [0.25, 0.3) is 0 Å². The fraction of sp³-hybridized carbons (Fsp3) is 0.320. The fourth-order valence-corrected chi connectivity index (χ4v) is 4.58. The Hall–Kier alpha value is -2.92. The van der Waals surface area contributed by atoms with Gasteiger partial charge < -0.3 is 4.42 Å². The van der Waals surface area contributed by atoms with Crippen molar-refractivity contribution in [3.8, 4) is 11.1 Å². The van der Waals surface area contributed by atoms with E-state index in [1.54, 1.807) is 0 Å². The largest absolute Gasteiger partial charge is 0.461 e. The van der Waals surface area contributed by atoms with Gasteiger partial charge in [0, 0.05) is 43.2 Å². The first kappa shape index (κ1) is 19.1. The summed E-state index contributed by atoms with van der Waals surface area (Å²) >= 11 is 0. The summed E-state index contributed by atoms with van der Waals surface area (Å²) in [5, 5.41) is 5.90. The standard InChI is InChI=1S/C25H26FN3O/c1-28-16-23(18-9-11-20(26)12-10-18)24(27-28)17-29-13-5-4-7-21(29)15-22-14-19-6-2-3-8-25(19)30-22/h2-3,6,8-12,14,16,21H,4-5,7,13,15,17H2,1H3. The molecule has 30 heavy (non-hydrogen) atoms. The van der Waals surface area contributed by atoms with E-state index in [9.17, 15) is 4.39 Å². The third-order valence-corrected chi connectivity index (χ3v) is 6.08. The molecule has 1 aliphatic rings. The van der Waals surface area contributed by atoms with Crippen LogP contribution in [0.4, 0.5) is 4.39 Å². The molecule has 4 nitrogen and oxygen atoms in total. The molecular formula is C25H26FN3O. The average molecular weight is 404 g/mol. The Morgan fingerprint density at radius 3 is 2.77 bits per heavy atom. The van der Waals surface area contributed by atoms with Gasteiger partial charge in [0.05, 0.1) is 5.69 Å². The molecule has 0 aliphatic carbocycles. The summed E-state index contributed by atoms with van der Waals surface area (Å²) in [5.41, 5.74) is 4.08. The molecule has 3 heterocycles. The normalized spacial score (nSPS) is 17.6. The van der Waals surface area contributed by atoms with Crippen LogP contribution in [-0.2, 0) is 20.0 Å². The van der Waals surface area contributed by atoms with Crippen molar-refractivity contribution < 1.29 is 8.81 Å². The predicted octanol–water partition coefficient (Wildman–Crippen LogP) is 5.57. The molecule has 4 aromatic rings. The van der Waals surface area contributed by atoms with Crippen molar-refractivity contribution in [3.05, 3.63) is 78.1 Å². The molecule has 0 bridgehead atoms. The van der Waals surface area contributed by atoms with Crippen molar-refractivity contribution in [2.24, 2.45) is 7.05 Å². The average Bonchev–Trinajstić information content (AvgIpc) is 3.32. The number of fused-ring (bicyclic) bond motifs is 1. The molecule has 5 rings (SSSR count). The topological polar surface area (TPSA) is 34.2 Å². The Kier molecular flexibility index (Phi) is 5.13. The highest BCUT2D eigenvalue weighted by molar-refractivity contribution is 5.77. The molecule has 1 saturated heterocycles. The summed E-state index contributed by atoms with van der Waals surface area (Å²) in [5.74, 6) is 0.832. The molecule has 1 aliphatic heterocycles. The van der Waals surface area contributed by atoms with E-state index in [4.69, 9.17) is 9.52 Å². The lowest BCUT2D eigenvalue weighted by Gasteiger charge is -2.35. The summed E-state index contributed by atoms with van der Waals surface area (Å²) < 4.78 is 21.3. The molecule has 1 fully saturated rings. The minimum absolute atomic E-state index is 0.217. The van der Waals surface area contributed by atoms with Crippen LogP contribution in [0.25, 0.3) is 22.1 Å².